The number of carbonyl (C=O) groups is 1. The zero-order valence-corrected chi connectivity index (χ0v) is 17.6. The number of carbonyl (C=O) groups excluding carboxylic acids is 1. The molecule has 1 amide bonds. The van der Waals surface area contributed by atoms with Crippen molar-refractivity contribution in [2.24, 2.45) is 0 Å². The Bertz CT molecular complexity index is 1170. The predicted octanol–water partition coefficient (Wildman–Crippen LogP) is 3.84. The van der Waals surface area contributed by atoms with Gasteiger partial charge in [0.1, 0.15) is 5.75 Å². The first-order chi connectivity index (χ1) is 14.5. The monoisotopic (exact) mass is 424 g/mol. The summed E-state index contributed by atoms with van der Waals surface area (Å²) >= 11 is 0. The number of nitrogens with one attached hydrogen (secondary N) is 1. The first kappa shape index (κ1) is 20.2. The van der Waals surface area contributed by atoms with Crippen LogP contribution >= 0.6 is 0 Å². The third-order valence-corrected chi connectivity index (χ3v) is 7.03. The molecule has 0 spiro atoms. The van der Waals surface area contributed by atoms with E-state index in [4.69, 9.17) is 4.74 Å². The normalized spacial score (nSPS) is 14.1. The van der Waals surface area contributed by atoms with E-state index in [1.54, 1.807) is 12.1 Å². The average Bonchev–Trinajstić information content (AvgIpc) is 2.97. The van der Waals surface area contributed by atoms with Crippen LogP contribution in [0.5, 0.6) is 5.75 Å². The van der Waals surface area contributed by atoms with Gasteiger partial charge in [0.05, 0.1) is 17.2 Å². The smallest absolute Gasteiger partial charge is 0.265 e. The van der Waals surface area contributed by atoms with Crippen LogP contribution in [0.4, 0.5) is 5.69 Å². The quantitative estimate of drug-likeness (QED) is 0.596. The SMILES string of the molecule is CCOc1ccc(CNC(=O)CCCN2c3cccc4cccc(c34)S2(=O)=O)cc1. The minimum Gasteiger partial charge on any atom is -0.494 e. The van der Waals surface area contributed by atoms with Crippen molar-refractivity contribution in [3.8, 4) is 5.75 Å². The van der Waals surface area contributed by atoms with Crippen LogP contribution in [0, 0.1) is 0 Å². The fraction of sp³-hybridized carbons (Fsp3) is 0.261. The standard InChI is InChI=1S/C23H24N2O4S/c1-2-29-19-13-11-17(12-14-19)16-24-22(26)10-5-15-25-20-8-3-6-18-7-4-9-21(23(18)20)30(25,27)28/h3-4,6-9,11-14H,2,5,10,15-16H2,1H3,(H,24,26). The molecule has 0 aliphatic carbocycles. The molecule has 6 nitrogen and oxygen atoms in total. The molecular formula is C23H24N2O4S. The Balaban J connectivity index is 1.33. The van der Waals surface area contributed by atoms with Gasteiger partial charge in [-0.1, -0.05) is 36.4 Å². The molecule has 1 heterocycles. The molecule has 3 aromatic carbocycles. The van der Waals surface area contributed by atoms with Crippen LogP contribution in [0.3, 0.4) is 0 Å². The third kappa shape index (κ3) is 3.85. The molecule has 1 aliphatic rings. The summed E-state index contributed by atoms with van der Waals surface area (Å²) in [7, 11) is -3.57. The summed E-state index contributed by atoms with van der Waals surface area (Å²) in [5.41, 5.74) is 1.67. The Kier molecular flexibility index (Phi) is 5.63. The number of benzene rings is 3. The van der Waals surface area contributed by atoms with E-state index in [9.17, 15) is 13.2 Å². The lowest BCUT2D eigenvalue weighted by atomic mass is 10.1. The number of hydrogen-bond acceptors (Lipinski definition) is 4. The van der Waals surface area contributed by atoms with E-state index in [-0.39, 0.29) is 18.9 Å². The molecule has 0 fully saturated rings. The molecule has 1 N–H and O–H groups in total. The molecule has 156 valence electrons. The molecule has 3 aromatic rings. The van der Waals surface area contributed by atoms with Crippen molar-refractivity contribution in [3.05, 3.63) is 66.2 Å². The topological polar surface area (TPSA) is 75.7 Å². The number of sulfonamides is 1. The van der Waals surface area contributed by atoms with Crippen LogP contribution in [-0.4, -0.2) is 27.5 Å². The minimum absolute atomic E-state index is 0.101. The van der Waals surface area contributed by atoms with Gasteiger partial charge in [0.2, 0.25) is 5.91 Å². The van der Waals surface area contributed by atoms with Crippen molar-refractivity contribution < 1.29 is 17.9 Å². The number of amides is 1. The first-order valence-electron chi connectivity index (χ1n) is 10.0. The summed E-state index contributed by atoms with van der Waals surface area (Å²) < 4.78 is 32.7. The van der Waals surface area contributed by atoms with Crippen molar-refractivity contribution in [3.63, 3.8) is 0 Å². The zero-order valence-electron chi connectivity index (χ0n) is 16.8. The highest BCUT2D eigenvalue weighted by Crippen LogP contribution is 2.41. The van der Waals surface area contributed by atoms with Crippen LogP contribution in [-0.2, 0) is 21.4 Å². The molecule has 0 bridgehead atoms. The van der Waals surface area contributed by atoms with Gasteiger partial charge in [-0.25, -0.2) is 8.42 Å². The highest BCUT2D eigenvalue weighted by molar-refractivity contribution is 7.93. The van der Waals surface area contributed by atoms with Gasteiger partial charge in [-0.15, -0.1) is 0 Å². The van der Waals surface area contributed by atoms with Gasteiger partial charge in [0, 0.05) is 24.9 Å². The lowest BCUT2D eigenvalue weighted by molar-refractivity contribution is -0.121. The van der Waals surface area contributed by atoms with E-state index in [0.717, 1.165) is 22.1 Å². The lowest BCUT2D eigenvalue weighted by Crippen LogP contribution is -2.30. The van der Waals surface area contributed by atoms with Crippen LogP contribution in [0.15, 0.2) is 65.6 Å². The number of hydrogen-bond donors (Lipinski definition) is 1. The summed E-state index contributed by atoms with van der Waals surface area (Å²) in [4.78, 5) is 12.6. The molecule has 0 saturated heterocycles. The van der Waals surface area contributed by atoms with Gasteiger partial charge in [0.25, 0.3) is 10.0 Å². The summed E-state index contributed by atoms with van der Waals surface area (Å²) in [5, 5.41) is 4.56. The van der Waals surface area contributed by atoms with Crippen molar-refractivity contribution in [2.45, 2.75) is 31.2 Å². The predicted molar refractivity (Wildman–Crippen MR) is 117 cm³/mol. The van der Waals surface area contributed by atoms with Crippen LogP contribution in [0.25, 0.3) is 10.8 Å². The first-order valence-corrected chi connectivity index (χ1v) is 11.5. The molecular weight excluding hydrogens is 400 g/mol. The molecule has 0 radical (unpaired) electrons. The summed E-state index contributed by atoms with van der Waals surface area (Å²) in [6.07, 6.45) is 0.702. The second-order valence-electron chi connectivity index (χ2n) is 7.17. The van der Waals surface area contributed by atoms with Gasteiger partial charge in [-0.2, -0.15) is 0 Å². The molecule has 4 rings (SSSR count). The largest absolute Gasteiger partial charge is 0.494 e. The molecule has 30 heavy (non-hydrogen) atoms. The molecule has 1 aliphatic heterocycles. The number of rotatable bonds is 8. The molecule has 0 saturated carbocycles. The van der Waals surface area contributed by atoms with Crippen molar-refractivity contribution in [2.75, 3.05) is 17.5 Å². The second-order valence-corrected chi connectivity index (χ2v) is 9.00. The highest BCUT2D eigenvalue weighted by atomic mass is 32.2. The summed E-state index contributed by atoms with van der Waals surface area (Å²) in [6.45, 7) is 3.24. The maximum Gasteiger partial charge on any atom is 0.265 e. The fourth-order valence-electron chi connectivity index (χ4n) is 3.74. The van der Waals surface area contributed by atoms with E-state index in [1.165, 1.54) is 4.31 Å². The van der Waals surface area contributed by atoms with Gasteiger partial charge in [0.15, 0.2) is 0 Å². The van der Waals surface area contributed by atoms with E-state index in [0.29, 0.717) is 30.2 Å². The maximum atomic E-state index is 12.9. The van der Waals surface area contributed by atoms with Gasteiger partial charge < -0.3 is 10.1 Å². The maximum absolute atomic E-state index is 12.9. The van der Waals surface area contributed by atoms with Crippen molar-refractivity contribution in [1.29, 1.82) is 0 Å². The molecule has 0 aromatic heterocycles. The Morgan fingerprint density at radius 2 is 1.77 bits per heavy atom. The van der Waals surface area contributed by atoms with Gasteiger partial charge in [-0.05, 0) is 48.6 Å². The Hall–Kier alpha value is -3.06. The summed E-state index contributed by atoms with van der Waals surface area (Å²) in [5.74, 6) is 0.701. The van der Waals surface area contributed by atoms with Crippen LogP contribution in [0.1, 0.15) is 25.3 Å². The van der Waals surface area contributed by atoms with E-state index in [2.05, 4.69) is 5.32 Å². The highest BCUT2D eigenvalue weighted by Gasteiger charge is 2.34. The lowest BCUT2D eigenvalue weighted by Gasteiger charge is -2.18. The van der Waals surface area contributed by atoms with Crippen molar-refractivity contribution in [1.82, 2.24) is 5.32 Å². The van der Waals surface area contributed by atoms with Crippen LogP contribution < -0.4 is 14.4 Å². The summed E-state index contributed by atoms with van der Waals surface area (Å²) in [6, 6.07) is 18.5. The molecule has 0 unspecified atom stereocenters. The van der Waals surface area contributed by atoms with E-state index >= 15 is 0 Å². The Labute approximate surface area is 176 Å². The molecule has 7 heteroatoms. The number of ether oxygens (including phenoxy) is 1. The Morgan fingerprint density at radius 3 is 2.50 bits per heavy atom. The second kappa shape index (κ2) is 8.36. The number of nitrogens with zero attached hydrogens (tertiary/aromatic N) is 1. The average molecular weight is 425 g/mol. The van der Waals surface area contributed by atoms with Crippen molar-refractivity contribution >= 4 is 32.4 Å². The number of anilines is 1. The zero-order chi connectivity index (χ0) is 21.1. The van der Waals surface area contributed by atoms with E-state index < -0.39 is 10.0 Å². The fourth-order valence-corrected chi connectivity index (χ4v) is 5.49. The van der Waals surface area contributed by atoms with E-state index in [1.807, 2.05) is 55.5 Å². The Morgan fingerprint density at radius 1 is 1.03 bits per heavy atom. The third-order valence-electron chi connectivity index (χ3n) is 5.17. The van der Waals surface area contributed by atoms with Gasteiger partial charge in [-0.3, -0.25) is 9.10 Å². The minimum atomic E-state index is -3.57. The van der Waals surface area contributed by atoms with Crippen LogP contribution in [0.2, 0.25) is 0 Å². The molecule has 0 atom stereocenters. The van der Waals surface area contributed by atoms with Gasteiger partial charge >= 0.3 is 0 Å².